The summed E-state index contributed by atoms with van der Waals surface area (Å²) in [6, 6.07) is 14.2. The zero-order valence-electron chi connectivity index (χ0n) is 13.3. The van der Waals surface area contributed by atoms with Crippen molar-refractivity contribution in [2.45, 2.75) is 39.7 Å². The van der Waals surface area contributed by atoms with E-state index in [4.69, 9.17) is 0 Å². The Balaban J connectivity index is 1.96. The lowest BCUT2D eigenvalue weighted by molar-refractivity contribution is -0.124. The van der Waals surface area contributed by atoms with E-state index in [1.807, 2.05) is 51.1 Å². The molecule has 0 aliphatic rings. The van der Waals surface area contributed by atoms with Gasteiger partial charge in [0.1, 0.15) is 6.04 Å². The average Bonchev–Trinajstić information content (AvgIpc) is 2.83. The lowest BCUT2D eigenvalue weighted by atomic mass is 10.0. The number of aryl methyl sites for hydroxylation is 2. The van der Waals surface area contributed by atoms with E-state index in [2.05, 4.69) is 28.9 Å². The van der Waals surface area contributed by atoms with Crippen molar-refractivity contribution in [1.29, 1.82) is 0 Å². The third kappa shape index (κ3) is 3.54. The van der Waals surface area contributed by atoms with Crippen molar-refractivity contribution in [1.82, 2.24) is 9.88 Å². The Labute approximate surface area is 127 Å². The maximum Gasteiger partial charge on any atom is 0.242 e. The first-order valence-electron chi connectivity index (χ1n) is 7.47. The molecule has 0 unspecified atom stereocenters. The Morgan fingerprint density at radius 3 is 2.19 bits per heavy atom. The maximum absolute atomic E-state index is 12.3. The van der Waals surface area contributed by atoms with E-state index in [1.54, 1.807) is 0 Å². The Kier molecular flexibility index (Phi) is 4.84. The van der Waals surface area contributed by atoms with Crippen LogP contribution in [0.15, 0.2) is 42.5 Å². The predicted molar refractivity (Wildman–Crippen MR) is 86.5 cm³/mol. The van der Waals surface area contributed by atoms with Crippen molar-refractivity contribution in [3.8, 4) is 0 Å². The van der Waals surface area contributed by atoms with E-state index in [1.165, 1.54) is 5.56 Å². The molecule has 1 N–H and O–H groups in total. The number of carbonyl (C=O) groups excluding carboxylic acids is 1. The molecule has 112 valence electrons. The molecular formula is C18H24N2O. The van der Waals surface area contributed by atoms with Gasteiger partial charge in [0.25, 0.3) is 0 Å². The van der Waals surface area contributed by atoms with Gasteiger partial charge in [-0.25, -0.2) is 0 Å². The van der Waals surface area contributed by atoms with Gasteiger partial charge >= 0.3 is 0 Å². The van der Waals surface area contributed by atoms with Crippen LogP contribution in [0.1, 0.15) is 42.8 Å². The third-order valence-corrected chi connectivity index (χ3v) is 4.04. The molecule has 1 amide bonds. The first kappa shape index (κ1) is 15.4. The van der Waals surface area contributed by atoms with Gasteiger partial charge in [-0.15, -0.1) is 0 Å². The van der Waals surface area contributed by atoms with Gasteiger partial charge in [0.15, 0.2) is 0 Å². The normalized spacial score (nSPS) is 13.7. The van der Waals surface area contributed by atoms with Crippen LogP contribution in [0, 0.1) is 13.8 Å². The minimum atomic E-state index is -0.178. The monoisotopic (exact) mass is 284 g/mol. The van der Waals surface area contributed by atoms with Crippen LogP contribution < -0.4 is 5.32 Å². The molecule has 1 heterocycles. The van der Waals surface area contributed by atoms with Crippen LogP contribution in [0.2, 0.25) is 0 Å². The summed E-state index contributed by atoms with van der Waals surface area (Å²) in [5, 5.41) is 3.06. The summed E-state index contributed by atoms with van der Waals surface area (Å²) in [6.07, 6.45) is 0. The Hall–Kier alpha value is -2.03. The number of amides is 1. The molecule has 0 saturated carbocycles. The van der Waals surface area contributed by atoms with Crippen molar-refractivity contribution < 1.29 is 4.79 Å². The minimum Gasteiger partial charge on any atom is -0.354 e. The molecule has 1 aromatic heterocycles. The number of nitrogens with zero attached hydrogens (tertiary/aromatic N) is 1. The van der Waals surface area contributed by atoms with E-state index < -0.39 is 0 Å². The van der Waals surface area contributed by atoms with Crippen LogP contribution >= 0.6 is 0 Å². The molecule has 0 fully saturated rings. The molecule has 2 aromatic rings. The van der Waals surface area contributed by atoms with Crippen molar-refractivity contribution in [3.63, 3.8) is 0 Å². The molecule has 1 aromatic carbocycles. The number of carbonyl (C=O) groups is 1. The Morgan fingerprint density at radius 1 is 1.05 bits per heavy atom. The first-order chi connectivity index (χ1) is 10.0. The van der Waals surface area contributed by atoms with Gasteiger partial charge in [-0.1, -0.05) is 37.3 Å². The number of rotatable bonds is 5. The molecule has 0 radical (unpaired) electrons. The number of benzene rings is 1. The SMILES string of the molecule is Cc1ccc(C)n1[C@@H](C)C(=O)NC[C@H](C)c1ccccc1. The molecule has 3 heteroatoms. The zero-order valence-corrected chi connectivity index (χ0v) is 13.3. The summed E-state index contributed by atoms with van der Waals surface area (Å²) in [5.41, 5.74) is 3.48. The number of aromatic nitrogens is 1. The quantitative estimate of drug-likeness (QED) is 0.894. The lowest BCUT2D eigenvalue weighted by Gasteiger charge is -2.20. The van der Waals surface area contributed by atoms with Crippen molar-refractivity contribution in [2.24, 2.45) is 0 Å². The second kappa shape index (κ2) is 6.61. The summed E-state index contributed by atoms with van der Waals surface area (Å²) < 4.78 is 2.07. The predicted octanol–water partition coefficient (Wildman–Crippen LogP) is 3.59. The fraction of sp³-hybridized carbons (Fsp3) is 0.389. The van der Waals surface area contributed by atoms with Crippen LogP contribution in [0.4, 0.5) is 0 Å². The number of hydrogen-bond acceptors (Lipinski definition) is 1. The topological polar surface area (TPSA) is 34.0 Å². The van der Waals surface area contributed by atoms with Crippen molar-refractivity contribution >= 4 is 5.91 Å². The van der Waals surface area contributed by atoms with Crippen LogP contribution in [-0.4, -0.2) is 17.0 Å². The van der Waals surface area contributed by atoms with Crippen LogP contribution in [0.3, 0.4) is 0 Å². The molecule has 0 spiro atoms. The summed E-state index contributed by atoms with van der Waals surface area (Å²) in [7, 11) is 0. The molecule has 0 saturated heterocycles. The second-order valence-corrected chi connectivity index (χ2v) is 5.72. The fourth-order valence-corrected chi connectivity index (χ4v) is 2.71. The fourth-order valence-electron chi connectivity index (χ4n) is 2.71. The smallest absolute Gasteiger partial charge is 0.242 e. The molecule has 0 aliphatic heterocycles. The lowest BCUT2D eigenvalue weighted by Crippen LogP contribution is -2.34. The number of nitrogens with one attached hydrogen (secondary N) is 1. The zero-order chi connectivity index (χ0) is 15.4. The van der Waals surface area contributed by atoms with Crippen LogP contribution in [0.5, 0.6) is 0 Å². The summed E-state index contributed by atoms with van der Waals surface area (Å²) in [4.78, 5) is 12.3. The van der Waals surface area contributed by atoms with Crippen molar-refractivity contribution in [2.75, 3.05) is 6.54 Å². The molecule has 21 heavy (non-hydrogen) atoms. The Bertz CT molecular complexity index is 581. The Morgan fingerprint density at radius 2 is 1.62 bits per heavy atom. The minimum absolute atomic E-state index is 0.0696. The summed E-state index contributed by atoms with van der Waals surface area (Å²) in [5.74, 6) is 0.384. The van der Waals surface area contributed by atoms with E-state index in [9.17, 15) is 4.79 Å². The van der Waals surface area contributed by atoms with Gasteiger partial charge in [-0.3, -0.25) is 4.79 Å². The molecule has 3 nitrogen and oxygen atoms in total. The number of hydrogen-bond donors (Lipinski definition) is 1. The van der Waals surface area contributed by atoms with E-state index >= 15 is 0 Å². The van der Waals surface area contributed by atoms with Gasteiger partial charge in [0.05, 0.1) is 0 Å². The van der Waals surface area contributed by atoms with E-state index in [0.717, 1.165) is 11.4 Å². The molecule has 2 atom stereocenters. The highest BCUT2D eigenvalue weighted by atomic mass is 16.2. The van der Waals surface area contributed by atoms with Gasteiger partial charge in [-0.05, 0) is 44.4 Å². The summed E-state index contributed by atoms with van der Waals surface area (Å²) >= 11 is 0. The highest BCUT2D eigenvalue weighted by Crippen LogP contribution is 2.17. The molecule has 0 bridgehead atoms. The first-order valence-corrected chi connectivity index (χ1v) is 7.47. The summed E-state index contributed by atoms with van der Waals surface area (Å²) in [6.45, 7) is 8.80. The van der Waals surface area contributed by atoms with E-state index in [-0.39, 0.29) is 11.9 Å². The maximum atomic E-state index is 12.3. The van der Waals surface area contributed by atoms with E-state index in [0.29, 0.717) is 12.5 Å². The van der Waals surface area contributed by atoms with Gasteiger partial charge in [0, 0.05) is 17.9 Å². The highest BCUT2D eigenvalue weighted by Gasteiger charge is 2.18. The van der Waals surface area contributed by atoms with Gasteiger partial charge < -0.3 is 9.88 Å². The largest absolute Gasteiger partial charge is 0.354 e. The average molecular weight is 284 g/mol. The third-order valence-electron chi connectivity index (χ3n) is 4.04. The molecule has 0 aliphatic carbocycles. The van der Waals surface area contributed by atoms with Gasteiger partial charge in [0.2, 0.25) is 5.91 Å². The van der Waals surface area contributed by atoms with Crippen LogP contribution in [0.25, 0.3) is 0 Å². The second-order valence-electron chi connectivity index (χ2n) is 5.72. The molecular weight excluding hydrogens is 260 g/mol. The highest BCUT2D eigenvalue weighted by molar-refractivity contribution is 5.80. The van der Waals surface area contributed by atoms with Crippen LogP contribution in [-0.2, 0) is 4.79 Å². The van der Waals surface area contributed by atoms with Gasteiger partial charge in [-0.2, -0.15) is 0 Å². The van der Waals surface area contributed by atoms with Crippen molar-refractivity contribution in [3.05, 3.63) is 59.4 Å². The standard InChI is InChI=1S/C18H24N2O/c1-13(17-8-6-5-7-9-17)12-19-18(21)16(4)20-14(2)10-11-15(20)3/h5-11,13,16H,12H2,1-4H3,(H,19,21)/t13-,16-/m0/s1. The molecule has 2 rings (SSSR count).